The van der Waals surface area contributed by atoms with Crippen molar-refractivity contribution in [2.45, 2.75) is 32.2 Å². The minimum absolute atomic E-state index is 0.184. The van der Waals surface area contributed by atoms with Crippen molar-refractivity contribution in [1.82, 2.24) is 10.2 Å². The van der Waals surface area contributed by atoms with E-state index in [2.05, 4.69) is 16.3 Å². The molecule has 1 saturated carbocycles. The molecule has 1 N–H and O–H groups in total. The summed E-state index contributed by atoms with van der Waals surface area (Å²) >= 11 is 0. The van der Waals surface area contributed by atoms with E-state index in [1.807, 2.05) is 24.3 Å². The Morgan fingerprint density at radius 1 is 1.41 bits per heavy atom. The van der Waals surface area contributed by atoms with Crippen LogP contribution in [-0.2, 0) is 11.3 Å². The summed E-state index contributed by atoms with van der Waals surface area (Å²) in [6.07, 6.45) is 4.50. The van der Waals surface area contributed by atoms with Gasteiger partial charge in [0.05, 0.1) is 11.6 Å². The van der Waals surface area contributed by atoms with Gasteiger partial charge in [0.25, 0.3) is 0 Å². The molecule has 3 rings (SSSR count). The largest absolute Gasteiger partial charge is 0.359 e. The SMILES string of the molecule is CNC(=O)[C@H]1CCC[C@@]12CCN(Cc1ccc(C#N)cc1)C2. The lowest BCUT2D eigenvalue weighted by Crippen LogP contribution is -2.39. The van der Waals surface area contributed by atoms with E-state index in [0.717, 1.165) is 32.5 Å². The first kappa shape index (κ1) is 15.1. The predicted octanol–water partition coefficient (Wildman–Crippen LogP) is 2.30. The molecule has 1 spiro atoms. The molecule has 4 heteroatoms. The fourth-order valence-corrected chi connectivity index (χ4v) is 4.27. The second-order valence-corrected chi connectivity index (χ2v) is 6.69. The summed E-state index contributed by atoms with van der Waals surface area (Å²) in [6, 6.07) is 9.98. The van der Waals surface area contributed by atoms with E-state index in [-0.39, 0.29) is 17.2 Å². The molecule has 0 radical (unpaired) electrons. The number of rotatable bonds is 3. The summed E-state index contributed by atoms with van der Waals surface area (Å²) in [7, 11) is 1.75. The number of carbonyl (C=O) groups excluding carboxylic acids is 1. The molecule has 4 nitrogen and oxygen atoms in total. The lowest BCUT2D eigenvalue weighted by Gasteiger charge is -2.30. The molecule has 116 valence electrons. The third kappa shape index (κ3) is 2.74. The zero-order valence-electron chi connectivity index (χ0n) is 13.1. The Balaban J connectivity index is 1.66. The van der Waals surface area contributed by atoms with Crippen LogP contribution < -0.4 is 5.32 Å². The minimum atomic E-state index is 0.184. The van der Waals surface area contributed by atoms with Crippen molar-refractivity contribution >= 4 is 5.91 Å². The van der Waals surface area contributed by atoms with E-state index in [1.165, 1.54) is 18.4 Å². The summed E-state index contributed by atoms with van der Waals surface area (Å²) in [6.45, 7) is 2.99. The molecular weight excluding hydrogens is 274 g/mol. The molecule has 1 aliphatic heterocycles. The highest BCUT2D eigenvalue weighted by atomic mass is 16.1. The highest BCUT2D eigenvalue weighted by Gasteiger charge is 2.49. The number of amides is 1. The lowest BCUT2D eigenvalue weighted by molar-refractivity contribution is -0.127. The number of hydrogen-bond donors (Lipinski definition) is 1. The summed E-state index contributed by atoms with van der Waals surface area (Å²) in [4.78, 5) is 14.6. The monoisotopic (exact) mass is 297 g/mol. The van der Waals surface area contributed by atoms with E-state index in [9.17, 15) is 4.79 Å². The fraction of sp³-hybridized carbons (Fsp3) is 0.556. The van der Waals surface area contributed by atoms with Gasteiger partial charge in [-0.1, -0.05) is 18.6 Å². The van der Waals surface area contributed by atoms with Crippen molar-refractivity contribution in [3.05, 3.63) is 35.4 Å². The van der Waals surface area contributed by atoms with E-state index in [4.69, 9.17) is 5.26 Å². The molecule has 22 heavy (non-hydrogen) atoms. The van der Waals surface area contributed by atoms with E-state index in [1.54, 1.807) is 7.05 Å². The Morgan fingerprint density at radius 2 is 2.18 bits per heavy atom. The summed E-state index contributed by atoms with van der Waals surface area (Å²) < 4.78 is 0. The normalized spacial score (nSPS) is 27.9. The van der Waals surface area contributed by atoms with Gasteiger partial charge in [-0.3, -0.25) is 9.69 Å². The van der Waals surface area contributed by atoms with Gasteiger partial charge in [-0.25, -0.2) is 0 Å². The Bertz CT molecular complexity index is 589. The van der Waals surface area contributed by atoms with Gasteiger partial charge in [0.15, 0.2) is 0 Å². The van der Waals surface area contributed by atoms with Crippen LogP contribution in [0.5, 0.6) is 0 Å². The van der Waals surface area contributed by atoms with E-state index < -0.39 is 0 Å². The second-order valence-electron chi connectivity index (χ2n) is 6.69. The third-order valence-corrected chi connectivity index (χ3v) is 5.42. The van der Waals surface area contributed by atoms with Gasteiger partial charge >= 0.3 is 0 Å². The van der Waals surface area contributed by atoms with Crippen LogP contribution in [0.3, 0.4) is 0 Å². The quantitative estimate of drug-likeness (QED) is 0.931. The van der Waals surface area contributed by atoms with Crippen molar-refractivity contribution in [3.8, 4) is 6.07 Å². The molecule has 1 aromatic carbocycles. The van der Waals surface area contributed by atoms with Crippen molar-refractivity contribution in [1.29, 1.82) is 5.26 Å². The molecule has 1 heterocycles. The predicted molar refractivity (Wildman–Crippen MR) is 84.9 cm³/mol. The van der Waals surface area contributed by atoms with Crippen LogP contribution in [-0.4, -0.2) is 30.9 Å². The average molecular weight is 297 g/mol. The van der Waals surface area contributed by atoms with E-state index >= 15 is 0 Å². The zero-order chi connectivity index (χ0) is 15.6. The van der Waals surface area contributed by atoms with Crippen LogP contribution in [0.2, 0.25) is 0 Å². The maximum atomic E-state index is 12.2. The van der Waals surface area contributed by atoms with E-state index in [0.29, 0.717) is 5.56 Å². The van der Waals surface area contributed by atoms with Crippen LogP contribution >= 0.6 is 0 Å². The number of nitrogens with zero attached hydrogens (tertiary/aromatic N) is 2. The van der Waals surface area contributed by atoms with Crippen molar-refractivity contribution in [3.63, 3.8) is 0 Å². The number of carbonyl (C=O) groups is 1. The summed E-state index contributed by atoms with van der Waals surface area (Å²) in [5, 5.41) is 11.7. The zero-order valence-corrected chi connectivity index (χ0v) is 13.1. The van der Waals surface area contributed by atoms with Crippen LogP contribution in [0.25, 0.3) is 0 Å². The first-order valence-electron chi connectivity index (χ1n) is 8.10. The van der Waals surface area contributed by atoms with Gasteiger partial charge in [-0.05, 0) is 48.9 Å². The maximum Gasteiger partial charge on any atom is 0.223 e. The number of hydrogen-bond acceptors (Lipinski definition) is 3. The fourth-order valence-electron chi connectivity index (χ4n) is 4.27. The molecule has 2 fully saturated rings. The Kier molecular flexibility index (Phi) is 4.17. The van der Waals surface area contributed by atoms with Crippen molar-refractivity contribution in [2.24, 2.45) is 11.3 Å². The molecule has 2 aliphatic rings. The minimum Gasteiger partial charge on any atom is -0.359 e. The third-order valence-electron chi connectivity index (χ3n) is 5.42. The molecule has 1 saturated heterocycles. The number of likely N-dealkylation sites (tertiary alicyclic amines) is 1. The molecule has 2 atom stereocenters. The molecule has 0 bridgehead atoms. The van der Waals surface area contributed by atoms with Crippen LogP contribution in [0.4, 0.5) is 0 Å². The Labute approximate surface area is 132 Å². The highest BCUT2D eigenvalue weighted by molar-refractivity contribution is 5.79. The molecule has 1 amide bonds. The topological polar surface area (TPSA) is 56.1 Å². The first-order valence-corrected chi connectivity index (χ1v) is 8.10. The molecular formula is C18H23N3O. The average Bonchev–Trinajstić information content (AvgIpc) is 3.15. The molecule has 1 aliphatic carbocycles. The van der Waals surface area contributed by atoms with Gasteiger partial charge in [-0.15, -0.1) is 0 Å². The lowest BCUT2D eigenvalue weighted by atomic mass is 9.76. The van der Waals surface area contributed by atoms with Crippen LogP contribution in [0.1, 0.15) is 36.8 Å². The van der Waals surface area contributed by atoms with Gasteiger partial charge in [0.2, 0.25) is 5.91 Å². The van der Waals surface area contributed by atoms with Gasteiger partial charge in [-0.2, -0.15) is 5.26 Å². The highest BCUT2D eigenvalue weighted by Crippen LogP contribution is 2.50. The summed E-state index contributed by atoms with van der Waals surface area (Å²) in [5.41, 5.74) is 2.13. The smallest absolute Gasteiger partial charge is 0.223 e. The summed E-state index contributed by atoms with van der Waals surface area (Å²) in [5.74, 6) is 0.404. The first-order chi connectivity index (χ1) is 10.7. The standard InChI is InChI=1S/C18H23N3O/c1-20-17(22)16-3-2-8-18(16)9-10-21(13-18)12-15-6-4-14(11-19)5-7-15/h4-7,16H,2-3,8-10,12-13H2,1H3,(H,20,22)/t16-,18+/m1/s1. The number of nitriles is 1. The second kappa shape index (κ2) is 6.10. The van der Waals surface area contributed by atoms with Gasteiger partial charge in [0, 0.05) is 26.1 Å². The van der Waals surface area contributed by atoms with Crippen LogP contribution in [0.15, 0.2) is 24.3 Å². The Morgan fingerprint density at radius 3 is 2.86 bits per heavy atom. The van der Waals surface area contributed by atoms with Crippen LogP contribution in [0, 0.1) is 22.7 Å². The van der Waals surface area contributed by atoms with Gasteiger partial charge in [0.1, 0.15) is 0 Å². The number of nitrogens with one attached hydrogen (secondary N) is 1. The number of benzene rings is 1. The molecule has 1 aromatic rings. The molecule has 0 aromatic heterocycles. The molecule has 0 unspecified atom stereocenters. The maximum absolute atomic E-state index is 12.2. The van der Waals surface area contributed by atoms with Gasteiger partial charge < -0.3 is 5.32 Å². The van der Waals surface area contributed by atoms with Crippen molar-refractivity contribution < 1.29 is 4.79 Å². The Hall–Kier alpha value is -1.86. The van der Waals surface area contributed by atoms with Crippen molar-refractivity contribution in [2.75, 3.05) is 20.1 Å².